The molecule has 0 saturated heterocycles. The Morgan fingerprint density at radius 3 is 2.67 bits per heavy atom. The molecule has 1 aliphatic rings. The molecule has 0 amide bonds. The average molecular weight is 296 g/mol. The van der Waals surface area contributed by atoms with E-state index in [-0.39, 0.29) is 11.4 Å². The highest BCUT2D eigenvalue weighted by molar-refractivity contribution is 5.48. The standard InChI is InChI=1S/C15H21FN2O3/c1-10-6-15(14(18(19)20)7-13(10)16)21-9-12-5-3-2-4-11(12)8-17/h6-7,11-12H,2-5,8-9,17H2,1H3. The molecule has 2 N–H and O–H groups in total. The Morgan fingerprint density at radius 1 is 1.38 bits per heavy atom. The van der Waals surface area contributed by atoms with Gasteiger partial charge in [0.1, 0.15) is 5.82 Å². The third-order valence-electron chi connectivity index (χ3n) is 4.26. The van der Waals surface area contributed by atoms with Crippen molar-refractivity contribution in [3.8, 4) is 5.75 Å². The molecular weight excluding hydrogens is 275 g/mol. The van der Waals surface area contributed by atoms with Crippen molar-refractivity contribution in [3.63, 3.8) is 0 Å². The molecule has 0 aromatic heterocycles. The van der Waals surface area contributed by atoms with Crippen molar-refractivity contribution in [1.29, 1.82) is 0 Å². The van der Waals surface area contributed by atoms with Crippen LogP contribution in [0.3, 0.4) is 0 Å². The van der Waals surface area contributed by atoms with Crippen molar-refractivity contribution in [3.05, 3.63) is 33.6 Å². The minimum atomic E-state index is -0.612. The van der Waals surface area contributed by atoms with Gasteiger partial charge in [-0.2, -0.15) is 0 Å². The molecule has 0 bridgehead atoms. The van der Waals surface area contributed by atoms with Crippen molar-refractivity contribution < 1.29 is 14.1 Å². The molecule has 2 unspecified atom stereocenters. The Morgan fingerprint density at radius 2 is 2.05 bits per heavy atom. The highest BCUT2D eigenvalue weighted by Gasteiger charge is 2.26. The Hall–Kier alpha value is -1.69. The van der Waals surface area contributed by atoms with E-state index < -0.39 is 10.7 Å². The number of nitro groups is 1. The van der Waals surface area contributed by atoms with Gasteiger partial charge in [-0.3, -0.25) is 10.1 Å². The SMILES string of the molecule is Cc1cc(OCC2CCCCC2CN)c([N+](=O)[O-])cc1F. The van der Waals surface area contributed by atoms with Crippen molar-refractivity contribution >= 4 is 5.69 Å². The van der Waals surface area contributed by atoms with Gasteiger partial charge in [0, 0.05) is 0 Å². The first kappa shape index (κ1) is 15.7. The van der Waals surface area contributed by atoms with E-state index in [1.54, 1.807) is 6.92 Å². The van der Waals surface area contributed by atoms with E-state index in [0.717, 1.165) is 25.3 Å². The minimum Gasteiger partial charge on any atom is -0.486 e. The van der Waals surface area contributed by atoms with Gasteiger partial charge in [-0.1, -0.05) is 12.8 Å². The van der Waals surface area contributed by atoms with E-state index in [4.69, 9.17) is 10.5 Å². The Kier molecular flexibility index (Phi) is 5.12. The quantitative estimate of drug-likeness (QED) is 0.668. The smallest absolute Gasteiger partial charge is 0.313 e. The first-order valence-electron chi connectivity index (χ1n) is 7.30. The summed E-state index contributed by atoms with van der Waals surface area (Å²) in [5.74, 6) is 0.264. The van der Waals surface area contributed by atoms with Crippen LogP contribution < -0.4 is 10.5 Å². The van der Waals surface area contributed by atoms with Crippen LogP contribution in [0.1, 0.15) is 31.2 Å². The average Bonchev–Trinajstić information content (AvgIpc) is 2.48. The third-order valence-corrected chi connectivity index (χ3v) is 4.26. The van der Waals surface area contributed by atoms with Gasteiger partial charge in [0.15, 0.2) is 5.75 Å². The lowest BCUT2D eigenvalue weighted by atomic mass is 9.80. The number of nitrogens with two attached hydrogens (primary N) is 1. The molecule has 5 nitrogen and oxygen atoms in total. The van der Waals surface area contributed by atoms with Crippen molar-refractivity contribution in [2.75, 3.05) is 13.2 Å². The summed E-state index contributed by atoms with van der Waals surface area (Å²) in [5.41, 5.74) is 5.79. The number of hydrogen-bond donors (Lipinski definition) is 1. The fourth-order valence-corrected chi connectivity index (χ4v) is 2.91. The van der Waals surface area contributed by atoms with E-state index in [2.05, 4.69) is 0 Å². The second kappa shape index (κ2) is 6.85. The Balaban J connectivity index is 2.11. The van der Waals surface area contributed by atoms with Crippen LogP contribution in [0.5, 0.6) is 5.75 Å². The normalized spacial score (nSPS) is 22.0. The van der Waals surface area contributed by atoms with E-state index >= 15 is 0 Å². The molecule has 6 heteroatoms. The lowest BCUT2D eigenvalue weighted by Gasteiger charge is -2.30. The monoisotopic (exact) mass is 296 g/mol. The summed E-state index contributed by atoms with van der Waals surface area (Å²) < 4.78 is 19.1. The van der Waals surface area contributed by atoms with Gasteiger partial charge in [0.2, 0.25) is 0 Å². The summed E-state index contributed by atoms with van der Waals surface area (Å²) in [5, 5.41) is 11.0. The van der Waals surface area contributed by atoms with Gasteiger partial charge < -0.3 is 10.5 Å². The summed E-state index contributed by atoms with van der Waals surface area (Å²) in [6.07, 6.45) is 4.41. The zero-order valence-corrected chi connectivity index (χ0v) is 12.2. The summed E-state index contributed by atoms with van der Waals surface area (Å²) >= 11 is 0. The molecule has 2 atom stereocenters. The van der Waals surface area contributed by atoms with E-state index in [1.165, 1.54) is 12.5 Å². The number of nitrogens with zero attached hydrogens (tertiary/aromatic N) is 1. The molecule has 0 aliphatic heterocycles. The summed E-state index contributed by atoms with van der Waals surface area (Å²) in [4.78, 5) is 10.4. The first-order chi connectivity index (χ1) is 10.0. The molecule has 1 aromatic rings. The molecular formula is C15H21FN2O3. The molecule has 0 spiro atoms. The molecule has 0 radical (unpaired) electrons. The fraction of sp³-hybridized carbons (Fsp3) is 0.600. The molecule has 116 valence electrons. The van der Waals surface area contributed by atoms with Gasteiger partial charge in [0.25, 0.3) is 0 Å². The van der Waals surface area contributed by atoms with Crippen LogP contribution >= 0.6 is 0 Å². The Labute approximate surface area is 123 Å². The molecule has 1 fully saturated rings. The zero-order valence-electron chi connectivity index (χ0n) is 12.2. The number of aryl methyl sites for hydroxylation is 1. The van der Waals surface area contributed by atoms with Crippen LogP contribution in [0.15, 0.2) is 12.1 Å². The molecule has 21 heavy (non-hydrogen) atoms. The van der Waals surface area contributed by atoms with Gasteiger partial charge in [-0.15, -0.1) is 0 Å². The van der Waals surface area contributed by atoms with Crippen molar-refractivity contribution in [2.45, 2.75) is 32.6 Å². The van der Waals surface area contributed by atoms with Crippen molar-refractivity contribution in [2.24, 2.45) is 17.6 Å². The van der Waals surface area contributed by atoms with Crippen LogP contribution in [0.2, 0.25) is 0 Å². The number of hydrogen-bond acceptors (Lipinski definition) is 4. The zero-order chi connectivity index (χ0) is 15.4. The maximum Gasteiger partial charge on any atom is 0.313 e. The second-order valence-electron chi connectivity index (χ2n) is 5.68. The topological polar surface area (TPSA) is 78.4 Å². The van der Waals surface area contributed by atoms with Crippen LogP contribution in [-0.4, -0.2) is 18.1 Å². The minimum absolute atomic E-state index is 0.139. The second-order valence-corrected chi connectivity index (χ2v) is 5.68. The number of nitro benzene ring substituents is 1. The summed E-state index contributed by atoms with van der Waals surface area (Å²) in [6.45, 7) is 2.57. The molecule has 1 aliphatic carbocycles. The number of benzene rings is 1. The molecule has 1 saturated carbocycles. The Bertz CT molecular complexity index is 522. The summed E-state index contributed by atoms with van der Waals surface area (Å²) in [7, 11) is 0. The van der Waals surface area contributed by atoms with Crippen LogP contribution in [0.25, 0.3) is 0 Å². The number of halogens is 1. The van der Waals surface area contributed by atoms with Gasteiger partial charge >= 0.3 is 5.69 Å². The largest absolute Gasteiger partial charge is 0.486 e. The van der Waals surface area contributed by atoms with Gasteiger partial charge in [0.05, 0.1) is 17.6 Å². The number of rotatable bonds is 5. The van der Waals surface area contributed by atoms with Gasteiger partial charge in [-0.25, -0.2) is 4.39 Å². The van der Waals surface area contributed by atoms with E-state index in [1.807, 2.05) is 0 Å². The van der Waals surface area contributed by atoms with Crippen LogP contribution in [-0.2, 0) is 0 Å². The molecule has 1 aromatic carbocycles. The van der Waals surface area contributed by atoms with Crippen molar-refractivity contribution in [1.82, 2.24) is 0 Å². The molecule has 0 heterocycles. The van der Waals surface area contributed by atoms with E-state index in [0.29, 0.717) is 30.6 Å². The maximum atomic E-state index is 13.5. The first-order valence-corrected chi connectivity index (χ1v) is 7.30. The van der Waals surface area contributed by atoms with E-state index in [9.17, 15) is 14.5 Å². The highest BCUT2D eigenvalue weighted by atomic mass is 19.1. The predicted molar refractivity (Wildman–Crippen MR) is 77.8 cm³/mol. The maximum absolute atomic E-state index is 13.5. The molecule has 2 rings (SSSR count). The summed E-state index contributed by atoms with van der Waals surface area (Å²) in [6, 6.07) is 2.32. The number of ether oxygens (including phenoxy) is 1. The highest BCUT2D eigenvalue weighted by Crippen LogP contribution is 2.33. The lowest BCUT2D eigenvalue weighted by Crippen LogP contribution is -2.30. The fourth-order valence-electron chi connectivity index (χ4n) is 2.91. The van der Waals surface area contributed by atoms with Gasteiger partial charge in [-0.05, 0) is 49.8 Å². The predicted octanol–water partition coefficient (Wildman–Crippen LogP) is 3.19. The third kappa shape index (κ3) is 3.69. The lowest BCUT2D eigenvalue weighted by molar-refractivity contribution is -0.386. The van der Waals surface area contributed by atoms with Crippen LogP contribution in [0.4, 0.5) is 10.1 Å². The van der Waals surface area contributed by atoms with Crippen LogP contribution in [0, 0.1) is 34.7 Å².